The molecule has 0 spiro atoms. The van der Waals surface area contributed by atoms with Crippen LogP contribution in [0.3, 0.4) is 0 Å². The SMILES string of the molecule is CS(=O)(=O)c1ccc([SH](=O)=O)c(F)c1. The van der Waals surface area contributed by atoms with Crippen molar-refractivity contribution in [3.63, 3.8) is 0 Å². The second-order valence-corrected chi connectivity index (χ2v) is 5.65. The first-order valence-electron chi connectivity index (χ1n) is 3.46. The lowest BCUT2D eigenvalue weighted by Crippen LogP contribution is -1.99. The molecule has 4 nitrogen and oxygen atoms in total. The Bertz CT molecular complexity index is 523. The summed E-state index contributed by atoms with van der Waals surface area (Å²) in [5, 5.41) is 0. The number of thiol groups is 1. The second-order valence-electron chi connectivity index (χ2n) is 2.64. The third-order valence-corrected chi connectivity index (χ3v) is 3.41. The zero-order valence-corrected chi connectivity index (χ0v) is 8.81. The van der Waals surface area contributed by atoms with Crippen LogP contribution in [0.25, 0.3) is 0 Å². The molecule has 14 heavy (non-hydrogen) atoms. The minimum Gasteiger partial charge on any atom is -0.227 e. The van der Waals surface area contributed by atoms with Crippen molar-refractivity contribution in [3.8, 4) is 0 Å². The fraction of sp³-hybridized carbons (Fsp3) is 0.143. The van der Waals surface area contributed by atoms with Crippen LogP contribution >= 0.6 is 0 Å². The van der Waals surface area contributed by atoms with E-state index in [2.05, 4.69) is 0 Å². The molecule has 0 bridgehead atoms. The molecule has 0 aromatic heterocycles. The molecule has 1 rings (SSSR count). The average molecular weight is 238 g/mol. The largest absolute Gasteiger partial charge is 0.227 e. The first-order chi connectivity index (χ1) is 6.32. The molecular formula is C7H7FO4S2. The number of hydrogen-bond acceptors (Lipinski definition) is 4. The third kappa shape index (κ3) is 2.30. The summed E-state index contributed by atoms with van der Waals surface area (Å²) in [5.74, 6) is -1.05. The normalized spacial score (nSPS) is 11.9. The van der Waals surface area contributed by atoms with Gasteiger partial charge in [-0.2, -0.15) is 0 Å². The van der Waals surface area contributed by atoms with E-state index in [1.165, 1.54) is 0 Å². The zero-order valence-electron chi connectivity index (χ0n) is 7.10. The van der Waals surface area contributed by atoms with Crippen LogP contribution in [-0.2, 0) is 20.5 Å². The molecule has 0 atom stereocenters. The van der Waals surface area contributed by atoms with Crippen LogP contribution in [0.2, 0.25) is 0 Å². The highest BCUT2D eigenvalue weighted by Crippen LogP contribution is 2.15. The minimum absolute atomic E-state index is 0.240. The second kappa shape index (κ2) is 3.66. The molecule has 0 amide bonds. The molecule has 78 valence electrons. The van der Waals surface area contributed by atoms with Crippen LogP contribution in [0.1, 0.15) is 0 Å². The van der Waals surface area contributed by atoms with Gasteiger partial charge in [0, 0.05) is 6.26 Å². The van der Waals surface area contributed by atoms with Gasteiger partial charge in [-0.3, -0.25) is 0 Å². The fourth-order valence-electron chi connectivity index (χ4n) is 0.866. The Morgan fingerprint density at radius 2 is 1.86 bits per heavy atom. The number of halogens is 1. The number of rotatable bonds is 2. The van der Waals surface area contributed by atoms with Gasteiger partial charge in [0.25, 0.3) is 0 Å². The molecule has 0 saturated heterocycles. The van der Waals surface area contributed by atoms with Crippen LogP contribution in [0, 0.1) is 5.82 Å². The van der Waals surface area contributed by atoms with Crippen LogP contribution in [0.15, 0.2) is 28.0 Å². The van der Waals surface area contributed by atoms with Crippen molar-refractivity contribution in [3.05, 3.63) is 24.0 Å². The van der Waals surface area contributed by atoms with Crippen molar-refractivity contribution in [1.29, 1.82) is 0 Å². The third-order valence-electron chi connectivity index (χ3n) is 1.54. The van der Waals surface area contributed by atoms with E-state index in [1.54, 1.807) is 0 Å². The molecule has 0 N–H and O–H groups in total. The van der Waals surface area contributed by atoms with Crippen LogP contribution < -0.4 is 0 Å². The Hall–Kier alpha value is -0.950. The maximum Gasteiger partial charge on any atom is 0.175 e. The molecule has 0 unspecified atom stereocenters. The van der Waals surface area contributed by atoms with Crippen molar-refractivity contribution >= 4 is 20.5 Å². The Balaban J connectivity index is 3.41. The molecule has 7 heteroatoms. The van der Waals surface area contributed by atoms with Gasteiger partial charge in [-0.05, 0) is 18.2 Å². The maximum atomic E-state index is 13.0. The summed E-state index contributed by atoms with van der Waals surface area (Å²) in [6.45, 7) is 0. The highest BCUT2D eigenvalue weighted by molar-refractivity contribution is 7.90. The molecule has 1 aromatic rings. The van der Waals surface area contributed by atoms with Crippen molar-refractivity contribution in [2.75, 3.05) is 6.26 Å². The lowest BCUT2D eigenvalue weighted by atomic mass is 10.3. The number of sulfone groups is 1. The Morgan fingerprint density at radius 1 is 1.29 bits per heavy atom. The Kier molecular flexibility index (Phi) is 2.91. The smallest absolute Gasteiger partial charge is 0.175 e. The van der Waals surface area contributed by atoms with Crippen LogP contribution in [0.4, 0.5) is 4.39 Å². The summed E-state index contributed by atoms with van der Waals surface area (Å²) >= 11 is 0. The standard InChI is InChI=1S/C7H7FO4S2/c1-14(11,12)5-2-3-7(13(9)10)6(8)4-5/h2-4,13H,1H3. The lowest BCUT2D eigenvalue weighted by Gasteiger charge is -1.99. The van der Waals surface area contributed by atoms with Gasteiger partial charge in [0.1, 0.15) is 5.82 Å². The molecule has 0 heterocycles. The van der Waals surface area contributed by atoms with Gasteiger partial charge in [-0.25, -0.2) is 21.2 Å². The van der Waals surface area contributed by atoms with Gasteiger partial charge in [-0.1, -0.05) is 0 Å². The quantitative estimate of drug-likeness (QED) is 0.747. The van der Waals surface area contributed by atoms with E-state index in [4.69, 9.17) is 0 Å². The van der Waals surface area contributed by atoms with E-state index < -0.39 is 31.3 Å². The minimum atomic E-state index is -3.50. The fourth-order valence-corrected chi connectivity index (χ4v) is 1.93. The maximum absolute atomic E-state index is 13.0. The predicted octanol–water partition coefficient (Wildman–Crippen LogP) is 0.200. The summed E-state index contributed by atoms with van der Waals surface area (Å²) in [6.07, 6.45) is 0.915. The zero-order chi connectivity index (χ0) is 10.9. The number of hydrogen-bond donors (Lipinski definition) is 1. The van der Waals surface area contributed by atoms with Gasteiger partial charge < -0.3 is 0 Å². The molecular weight excluding hydrogens is 231 g/mol. The summed E-state index contributed by atoms with van der Waals surface area (Å²) < 4.78 is 55.7. The van der Waals surface area contributed by atoms with Crippen molar-refractivity contribution in [2.24, 2.45) is 0 Å². The summed E-state index contributed by atoms with van der Waals surface area (Å²) in [6, 6.07) is 2.67. The molecule has 0 aliphatic carbocycles. The first-order valence-corrected chi connectivity index (χ1v) is 6.53. The van der Waals surface area contributed by atoms with Crippen molar-refractivity contribution in [2.45, 2.75) is 9.79 Å². The van der Waals surface area contributed by atoms with E-state index in [9.17, 15) is 21.2 Å². The van der Waals surface area contributed by atoms with Gasteiger partial charge >= 0.3 is 0 Å². The summed E-state index contributed by atoms with van der Waals surface area (Å²) in [5.41, 5.74) is 0. The van der Waals surface area contributed by atoms with E-state index in [0.29, 0.717) is 6.07 Å². The van der Waals surface area contributed by atoms with Gasteiger partial charge in [0.2, 0.25) is 0 Å². The predicted molar refractivity (Wildman–Crippen MR) is 48.1 cm³/mol. The molecule has 1 aromatic carbocycles. The van der Waals surface area contributed by atoms with Gasteiger partial charge in [0.15, 0.2) is 20.5 Å². The monoisotopic (exact) mass is 238 g/mol. The number of benzene rings is 1. The van der Waals surface area contributed by atoms with Crippen molar-refractivity contribution in [1.82, 2.24) is 0 Å². The topological polar surface area (TPSA) is 68.3 Å². The van der Waals surface area contributed by atoms with E-state index in [-0.39, 0.29) is 4.90 Å². The molecule has 0 saturated carbocycles. The summed E-state index contributed by atoms with van der Waals surface area (Å²) in [4.78, 5) is -0.747. The summed E-state index contributed by atoms with van der Waals surface area (Å²) in [7, 11) is -6.54. The average Bonchev–Trinajstić information content (AvgIpc) is 2.01. The van der Waals surface area contributed by atoms with Crippen molar-refractivity contribution < 1.29 is 21.2 Å². The van der Waals surface area contributed by atoms with E-state index in [1.807, 2.05) is 0 Å². The Morgan fingerprint density at radius 3 is 2.21 bits per heavy atom. The van der Waals surface area contributed by atoms with E-state index >= 15 is 0 Å². The van der Waals surface area contributed by atoms with Gasteiger partial charge in [0.05, 0.1) is 9.79 Å². The molecule has 0 fully saturated rings. The molecule has 0 aliphatic rings. The van der Waals surface area contributed by atoms with Crippen LogP contribution in [0.5, 0.6) is 0 Å². The first kappa shape index (κ1) is 11.1. The lowest BCUT2D eigenvalue weighted by molar-refractivity contribution is 0.571. The Labute approximate surface area is 82.2 Å². The van der Waals surface area contributed by atoms with Gasteiger partial charge in [-0.15, -0.1) is 0 Å². The van der Waals surface area contributed by atoms with Crippen LogP contribution in [-0.4, -0.2) is 23.1 Å². The van der Waals surface area contributed by atoms with E-state index in [0.717, 1.165) is 18.4 Å². The highest BCUT2D eigenvalue weighted by Gasteiger charge is 2.11. The molecule has 0 aliphatic heterocycles. The highest BCUT2D eigenvalue weighted by atomic mass is 32.2. The molecule has 0 radical (unpaired) electrons.